The normalized spacial score (nSPS) is 33.5. The lowest BCUT2D eigenvalue weighted by atomic mass is 9.86. The largest absolute Gasteiger partial charge is 0.378 e. The highest BCUT2D eigenvalue weighted by atomic mass is 16.5. The highest BCUT2D eigenvalue weighted by Gasteiger charge is 2.34. The average molecular weight is 264 g/mol. The topological polar surface area (TPSA) is 41.6 Å². The fraction of sp³-hybridized carbons (Fsp3) is 0.800. The first-order chi connectivity index (χ1) is 9.33. The second-order valence-electron chi connectivity index (χ2n) is 6.02. The molecular weight excluding hydrogens is 240 g/mol. The Kier molecular flexibility index (Phi) is 4.06. The zero-order valence-electron chi connectivity index (χ0n) is 11.5. The third-order valence-electron chi connectivity index (χ3n) is 4.67. The van der Waals surface area contributed by atoms with Crippen LogP contribution in [-0.2, 0) is 4.74 Å². The molecule has 2 saturated heterocycles. The highest BCUT2D eigenvalue weighted by Crippen LogP contribution is 2.32. The van der Waals surface area contributed by atoms with Crippen LogP contribution in [0.1, 0.15) is 32.1 Å². The first-order valence-electron chi connectivity index (χ1n) is 7.62. The average Bonchev–Trinajstić information content (AvgIpc) is 3.07. The van der Waals surface area contributed by atoms with Crippen LogP contribution in [0.4, 0.5) is 4.79 Å². The fourth-order valence-corrected chi connectivity index (χ4v) is 3.50. The Morgan fingerprint density at radius 3 is 2.63 bits per heavy atom. The van der Waals surface area contributed by atoms with E-state index in [0.717, 1.165) is 51.9 Å². The van der Waals surface area contributed by atoms with E-state index < -0.39 is 0 Å². The molecule has 0 aromatic carbocycles. The number of urea groups is 1. The van der Waals surface area contributed by atoms with Gasteiger partial charge >= 0.3 is 6.03 Å². The van der Waals surface area contributed by atoms with Gasteiger partial charge in [-0.25, -0.2) is 4.79 Å². The summed E-state index contributed by atoms with van der Waals surface area (Å²) < 4.78 is 5.56. The lowest BCUT2D eigenvalue weighted by molar-refractivity contribution is 0.104. The summed E-state index contributed by atoms with van der Waals surface area (Å²) in [6, 6.07) is 0.118. The van der Waals surface area contributed by atoms with Crippen molar-refractivity contribution in [3.8, 4) is 0 Å². The van der Waals surface area contributed by atoms with Gasteiger partial charge in [0.2, 0.25) is 0 Å². The van der Waals surface area contributed by atoms with Crippen LogP contribution in [0.15, 0.2) is 12.2 Å². The second-order valence-corrected chi connectivity index (χ2v) is 6.02. The summed E-state index contributed by atoms with van der Waals surface area (Å²) in [6.45, 7) is 3.50. The van der Waals surface area contributed by atoms with Gasteiger partial charge in [-0.1, -0.05) is 12.2 Å². The summed E-state index contributed by atoms with van der Waals surface area (Å²) in [4.78, 5) is 14.1. The van der Waals surface area contributed by atoms with Gasteiger partial charge in [-0.2, -0.15) is 0 Å². The molecule has 1 N–H and O–H groups in total. The second kappa shape index (κ2) is 5.95. The maximum absolute atomic E-state index is 12.1. The van der Waals surface area contributed by atoms with Crippen molar-refractivity contribution in [3.63, 3.8) is 0 Å². The van der Waals surface area contributed by atoms with Crippen molar-refractivity contribution >= 4 is 6.03 Å². The molecule has 0 aromatic heterocycles. The summed E-state index contributed by atoms with van der Waals surface area (Å²) in [5.41, 5.74) is 0. The van der Waals surface area contributed by atoms with E-state index in [-0.39, 0.29) is 6.03 Å². The lowest BCUT2D eigenvalue weighted by Crippen LogP contribution is -2.39. The zero-order chi connectivity index (χ0) is 13.1. The summed E-state index contributed by atoms with van der Waals surface area (Å²) in [5, 5.41) is 3.05. The summed E-state index contributed by atoms with van der Waals surface area (Å²) >= 11 is 0. The van der Waals surface area contributed by atoms with Crippen LogP contribution < -0.4 is 5.32 Å². The Labute approximate surface area is 115 Å². The van der Waals surface area contributed by atoms with Crippen molar-refractivity contribution in [2.45, 2.75) is 38.2 Å². The molecule has 0 spiro atoms. The van der Waals surface area contributed by atoms with Gasteiger partial charge in [0.25, 0.3) is 0 Å². The van der Waals surface area contributed by atoms with Crippen molar-refractivity contribution < 1.29 is 9.53 Å². The Hall–Kier alpha value is -1.03. The van der Waals surface area contributed by atoms with Crippen molar-refractivity contribution in [1.29, 1.82) is 0 Å². The van der Waals surface area contributed by atoms with Gasteiger partial charge < -0.3 is 15.0 Å². The van der Waals surface area contributed by atoms with E-state index in [1.165, 1.54) is 6.42 Å². The predicted octanol–water partition coefficient (Wildman–Crippen LogP) is 2.16. The molecule has 0 aromatic rings. The van der Waals surface area contributed by atoms with Gasteiger partial charge in [-0.3, -0.25) is 0 Å². The summed E-state index contributed by atoms with van der Waals surface area (Å²) in [7, 11) is 0. The van der Waals surface area contributed by atoms with Gasteiger partial charge in [-0.15, -0.1) is 0 Å². The van der Waals surface area contributed by atoms with Crippen LogP contribution in [0.5, 0.6) is 0 Å². The minimum Gasteiger partial charge on any atom is -0.378 e. The number of carbonyl (C=O) groups excluding carboxylic acids is 1. The monoisotopic (exact) mass is 264 g/mol. The van der Waals surface area contributed by atoms with Crippen molar-refractivity contribution in [2.75, 3.05) is 26.2 Å². The maximum atomic E-state index is 12.1. The molecule has 0 bridgehead atoms. The Balaban J connectivity index is 1.39. The van der Waals surface area contributed by atoms with E-state index >= 15 is 0 Å². The lowest BCUT2D eigenvalue weighted by Gasteiger charge is -2.18. The number of nitrogens with one attached hydrogen (secondary N) is 1. The van der Waals surface area contributed by atoms with Gasteiger partial charge in [0, 0.05) is 26.2 Å². The minimum absolute atomic E-state index is 0.118. The SMILES string of the molecule is O=C(NCCC1CCCO1)N1CC2CC=CCC2C1. The third-order valence-corrected chi connectivity index (χ3v) is 4.67. The Bertz CT molecular complexity index is 334. The molecule has 2 heterocycles. The van der Waals surface area contributed by atoms with E-state index in [2.05, 4.69) is 17.5 Å². The predicted molar refractivity (Wildman–Crippen MR) is 73.9 cm³/mol. The van der Waals surface area contributed by atoms with Gasteiger partial charge in [0.1, 0.15) is 0 Å². The first-order valence-corrected chi connectivity index (χ1v) is 7.62. The molecule has 3 rings (SSSR count). The molecule has 2 aliphatic heterocycles. The number of rotatable bonds is 3. The van der Waals surface area contributed by atoms with Crippen LogP contribution in [0.2, 0.25) is 0 Å². The molecule has 19 heavy (non-hydrogen) atoms. The molecule has 106 valence electrons. The summed E-state index contributed by atoms with van der Waals surface area (Å²) in [6.07, 6.45) is 10.4. The van der Waals surface area contributed by atoms with Crippen molar-refractivity contribution in [1.82, 2.24) is 10.2 Å². The first kappa shape index (κ1) is 13.0. The number of amides is 2. The van der Waals surface area contributed by atoms with E-state index in [1.807, 2.05) is 4.90 Å². The molecular formula is C15H24N2O2. The quantitative estimate of drug-likeness (QED) is 0.794. The molecule has 0 saturated carbocycles. The van der Waals surface area contributed by atoms with Crippen LogP contribution in [0.3, 0.4) is 0 Å². The maximum Gasteiger partial charge on any atom is 0.317 e. The molecule has 0 radical (unpaired) electrons. The number of hydrogen-bond donors (Lipinski definition) is 1. The van der Waals surface area contributed by atoms with Crippen LogP contribution in [0.25, 0.3) is 0 Å². The molecule has 2 amide bonds. The third kappa shape index (κ3) is 3.11. The molecule has 3 aliphatic rings. The summed E-state index contributed by atoms with van der Waals surface area (Å²) in [5.74, 6) is 1.38. The van der Waals surface area contributed by atoms with Crippen LogP contribution in [0, 0.1) is 11.8 Å². The smallest absolute Gasteiger partial charge is 0.317 e. The Morgan fingerprint density at radius 1 is 1.26 bits per heavy atom. The molecule has 3 unspecified atom stereocenters. The van der Waals surface area contributed by atoms with E-state index in [1.54, 1.807) is 0 Å². The van der Waals surface area contributed by atoms with Crippen molar-refractivity contribution in [2.24, 2.45) is 11.8 Å². The van der Waals surface area contributed by atoms with E-state index in [4.69, 9.17) is 4.74 Å². The molecule has 4 nitrogen and oxygen atoms in total. The number of allylic oxidation sites excluding steroid dienone is 2. The standard InChI is InChI=1S/C15H24N2O2/c18-15(16-8-7-14-6-3-9-19-14)17-10-12-4-1-2-5-13(12)11-17/h1-2,12-14H,3-11H2,(H,16,18). The molecule has 4 heteroatoms. The van der Waals surface area contributed by atoms with Crippen molar-refractivity contribution in [3.05, 3.63) is 12.2 Å². The van der Waals surface area contributed by atoms with E-state index in [9.17, 15) is 4.79 Å². The van der Waals surface area contributed by atoms with Crippen LogP contribution >= 0.6 is 0 Å². The zero-order valence-corrected chi connectivity index (χ0v) is 11.5. The number of likely N-dealkylation sites (tertiary alicyclic amines) is 1. The van der Waals surface area contributed by atoms with Crippen LogP contribution in [-0.4, -0.2) is 43.3 Å². The number of ether oxygens (including phenoxy) is 1. The Morgan fingerprint density at radius 2 is 2.00 bits per heavy atom. The number of fused-ring (bicyclic) bond motifs is 1. The number of hydrogen-bond acceptors (Lipinski definition) is 2. The number of nitrogens with zero attached hydrogens (tertiary/aromatic N) is 1. The van der Waals surface area contributed by atoms with Gasteiger partial charge in [0.05, 0.1) is 6.10 Å². The minimum atomic E-state index is 0.118. The van der Waals surface area contributed by atoms with Gasteiger partial charge in [0.15, 0.2) is 0 Å². The van der Waals surface area contributed by atoms with Gasteiger partial charge in [-0.05, 0) is 43.9 Å². The highest BCUT2D eigenvalue weighted by molar-refractivity contribution is 5.74. The molecule has 3 atom stereocenters. The molecule has 1 aliphatic carbocycles. The fourth-order valence-electron chi connectivity index (χ4n) is 3.50. The number of carbonyl (C=O) groups is 1. The molecule has 2 fully saturated rings. The van der Waals surface area contributed by atoms with E-state index in [0.29, 0.717) is 17.9 Å².